The Bertz CT molecular complexity index is 774. The van der Waals surface area contributed by atoms with Crippen molar-refractivity contribution in [3.05, 3.63) is 32.5 Å². The van der Waals surface area contributed by atoms with Crippen molar-refractivity contribution in [3.8, 4) is 11.5 Å². The Kier molecular flexibility index (Phi) is 3.77. The lowest BCUT2D eigenvalue weighted by atomic mass is 10.0. The molecule has 0 aliphatic carbocycles. The van der Waals surface area contributed by atoms with E-state index in [1.807, 2.05) is 10.6 Å². The number of pyridine rings is 1. The third-order valence-corrected chi connectivity index (χ3v) is 3.95. The summed E-state index contributed by atoms with van der Waals surface area (Å²) >= 11 is 4.90. The number of nitrogens with zero attached hydrogens (tertiary/aromatic N) is 3. The summed E-state index contributed by atoms with van der Waals surface area (Å²) < 4.78 is 7.19. The first-order chi connectivity index (χ1) is 10.1. The molecule has 0 saturated carbocycles. The molecule has 1 aliphatic heterocycles. The molecule has 6 nitrogen and oxygen atoms in total. The second-order valence-electron chi connectivity index (χ2n) is 5.39. The zero-order valence-corrected chi connectivity index (χ0v) is 13.0. The van der Waals surface area contributed by atoms with Gasteiger partial charge in [-0.1, -0.05) is 6.92 Å². The quantitative estimate of drug-likeness (QED) is 0.878. The molecular formula is C14H18N4O2S. The van der Waals surface area contributed by atoms with Crippen LogP contribution in [0.2, 0.25) is 0 Å². The summed E-state index contributed by atoms with van der Waals surface area (Å²) in [6.45, 7) is 4.58. The molecule has 0 radical (unpaired) electrons. The highest BCUT2D eigenvalue weighted by molar-refractivity contribution is 7.71. The summed E-state index contributed by atoms with van der Waals surface area (Å²) in [6, 6.07) is 1.90. The van der Waals surface area contributed by atoms with E-state index >= 15 is 0 Å². The van der Waals surface area contributed by atoms with Crippen molar-refractivity contribution in [2.75, 3.05) is 13.6 Å². The van der Waals surface area contributed by atoms with E-state index in [4.69, 9.17) is 16.6 Å². The van der Waals surface area contributed by atoms with Gasteiger partial charge in [-0.2, -0.15) is 0 Å². The summed E-state index contributed by atoms with van der Waals surface area (Å²) in [6.07, 6.45) is 1.81. The summed E-state index contributed by atoms with van der Waals surface area (Å²) in [5.41, 5.74) is 2.73. The number of nitrogens with one attached hydrogen (secondary N) is 1. The van der Waals surface area contributed by atoms with Gasteiger partial charge in [0.1, 0.15) is 5.56 Å². The number of H-pyrrole nitrogens is 1. The van der Waals surface area contributed by atoms with Crippen molar-refractivity contribution in [3.63, 3.8) is 0 Å². The lowest BCUT2D eigenvalue weighted by Crippen LogP contribution is -2.34. The maximum Gasteiger partial charge on any atom is 0.284 e. The minimum absolute atomic E-state index is 0.0506. The standard InChI is InChI=1S/C14H18N4O2S/c1-3-5-18-11-4-6-17(2)8-9(11)7-10(13(18)19)12-15-16-14(21)20-12/h7H,3-6,8H2,1-2H3,(H,16,21). The van der Waals surface area contributed by atoms with E-state index in [9.17, 15) is 4.79 Å². The van der Waals surface area contributed by atoms with Crippen molar-refractivity contribution >= 4 is 12.2 Å². The molecule has 3 rings (SSSR count). The van der Waals surface area contributed by atoms with Gasteiger partial charge in [-0.15, -0.1) is 5.10 Å². The summed E-state index contributed by atoms with van der Waals surface area (Å²) in [5.74, 6) is 0.269. The smallest absolute Gasteiger partial charge is 0.284 e. The van der Waals surface area contributed by atoms with Crippen molar-refractivity contribution in [2.45, 2.75) is 32.9 Å². The van der Waals surface area contributed by atoms with Crippen molar-refractivity contribution < 1.29 is 4.42 Å². The number of likely N-dealkylation sites (N-methyl/N-ethyl adjacent to an activating group) is 1. The van der Waals surface area contributed by atoms with Crippen LogP contribution in [-0.4, -0.2) is 33.3 Å². The highest BCUT2D eigenvalue weighted by Gasteiger charge is 2.22. The van der Waals surface area contributed by atoms with Gasteiger partial charge in [-0.3, -0.25) is 4.79 Å². The predicted molar refractivity (Wildman–Crippen MR) is 81.7 cm³/mol. The minimum Gasteiger partial charge on any atom is -0.409 e. The molecule has 0 fully saturated rings. The molecule has 0 bridgehead atoms. The fourth-order valence-electron chi connectivity index (χ4n) is 2.82. The lowest BCUT2D eigenvalue weighted by Gasteiger charge is -2.27. The number of aromatic nitrogens is 3. The van der Waals surface area contributed by atoms with Gasteiger partial charge >= 0.3 is 0 Å². The molecule has 3 heterocycles. The number of fused-ring (bicyclic) bond motifs is 1. The van der Waals surface area contributed by atoms with Gasteiger partial charge in [-0.25, -0.2) is 5.10 Å². The second kappa shape index (κ2) is 5.57. The van der Waals surface area contributed by atoms with Crippen molar-refractivity contribution in [1.82, 2.24) is 19.7 Å². The Hall–Kier alpha value is -1.73. The molecule has 0 unspecified atom stereocenters. The largest absolute Gasteiger partial charge is 0.409 e. The fourth-order valence-corrected chi connectivity index (χ4v) is 2.94. The van der Waals surface area contributed by atoms with E-state index in [0.29, 0.717) is 12.1 Å². The average Bonchev–Trinajstić information content (AvgIpc) is 2.88. The van der Waals surface area contributed by atoms with Gasteiger partial charge in [0.05, 0.1) is 0 Å². The SMILES string of the molecule is CCCn1c2c(cc(-c3n[nH]c(=S)o3)c1=O)CN(C)CC2. The van der Waals surface area contributed by atoms with Crippen LogP contribution in [0.5, 0.6) is 0 Å². The Morgan fingerprint density at radius 3 is 3.00 bits per heavy atom. The molecule has 1 aliphatic rings. The first-order valence-electron chi connectivity index (χ1n) is 7.10. The third kappa shape index (κ3) is 2.58. The van der Waals surface area contributed by atoms with E-state index in [0.717, 1.165) is 37.2 Å². The van der Waals surface area contributed by atoms with Crippen LogP contribution in [0, 0.1) is 4.84 Å². The first-order valence-corrected chi connectivity index (χ1v) is 7.51. The van der Waals surface area contributed by atoms with Crippen LogP contribution in [0.4, 0.5) is 0 Å². The Labute approximate surface area is 127 Å². The molecule has 0 spiro atoms. The average molecular weight is 306 g/mol. The second-order valence-corrected chi connectivity index (χ2v) is 5.76. The maximum atomic E-state index is 12.7. The van der Waals surface area contributed by atoms with E-state index in [1.54, 1.807) is 0 Å². The Morgan fingerprint density at radius 2 is 2.33 bits per heavy atom. The third-order valence-electron chi connectivity index (χ3n) is 3.78. The highest BCUT2D eigenvalue weighted by atomic mass is 32.1. The van der Waals surface area contributed by atoms with Crippen LogP contribution in [0.3, 0.4) is 0 Å². The van der Waals surface area contributed by atoms with Crippen LogP contribution < -0.4 is 5.56 Å². The van der Waals surface area contributed by atoms with Gasteiger partial charge in [0.2, 0.25) is 0 Å². The van der Waals surface area contributed by atoms with E-state index in [-0.39, 0.29) is 16.3 Å². The Morgan fingerprint density at radius 1 is 1.52 bits per heavy atom. The Balaban J connectivity index is 2.22. The summed E-state index contributed by atoms with van der Waals surface area (Å²) in [4.78, 5) is 15.1. The topological polar surface area (TPSA) is 67.1 Å². The number of rotatable bonds is 3. The number of hydrogen-bond donors (Lipinski definition) is 1. The first kappa shape index (κ1) is 14.2. The zero-order valence-electron chi connectivity index (χ0n) is 12.2. The predicted octanol–water partition coefficient (Wildman–Crippen LogP) is 1.96. The number of hydrogen-bond acceptors (Lipinski definition) is 5. The molecule has 0 aromatic carbocycles. The molecule has 0 saturated heterocycles. The molecule has 2 aromatic heterocycles. The lowest BCUT2D eigenvalue weighted by molar-refractivity contribution is 0.304. The van der Waals surface area contributed by atoms with Crippen LogP contribution in [0.15, 0.2) is 15.3 Å². The molecule has 112 valence electrons. The van der Waals surface area contributed by atoms with E-state index in [2.05, 4.69) is 29.1 Å². The van der Waals surface area contributed by atoms with Crippen molar-refractivity contribution in [1.29, 1.82) is 0 Å². The molecule has 0 amide bonds. The van der Waals surface area contributed by atoms with Gasteiger partial charge in [-0.05, 0) is 37.3 Å². The molecule has 21 heavy (non-hydrogen) atoms. The van der Waals surface area contributed by atoms with Crippen LogP contribution >= 0.6 is 12.2 Å². The van der Waals surface area contributed by atoms with Gasteiger partial charge in [0.25, 0.3) is 16.3 Å². The molecule has 1 N–H and O–H groups in total. The van der Waals surface area contributed by atoms with Gasteiger partial charge in [0.15, 0.2) is 0 Å². The van der Waals surface area contributed by atoms with Gasteiger partial charge < -0.3 is 13.9 Å². The normalized spacial score (nSPS) is 15.1. The molecular weight excluding hydrogens is 288 g/mol. The highest BCUT2D eigenvalue weighted by Crippen LogP contribution is 2.22. The molecule has 7 heteroatoms. The van der Waals surface area contributed by atoms with Crippen LogP contribution in [0.1, 0.15) is 24.6 Å². The summed E-state index contributed by atoms with van der Waals surface area (Å²) in [7, 11) is 2.08. The van der Waals surface area contributed by atoms with Crippen LogP contribution in [0.25, 0.3) is 11.5 Å². The van der Waals surface area contributed by atoms with Crippen molar-refractivity contribution in [2.24, 2.45) is 0 Å². The fraction of sp³-hybridized carbons (Fsp3) is 0.500. The monoisotopic (exact) mass is 306 g/mol. The molecule has 0 atom stereocenters. The molecule has 2 aromatic rings. The summed E-state index contributed by atoms with van der Waals surface area (Å²) in [5, 5.41) is 6.57. The minimum atomic E-state index is -0.0506. The number of aromatic amines is 1. The zero-order chi connectivity index (χ0) is 15.0. The van der Waals surface area contributed by atoms with E-state index in [1.165, 1.54) is 0 Å². The van der Waals surface area contributed by atoms with Crippen LogP contribution in [-0.2, 0) is 19.5 Å². The van der Waals surface area contributed by atoms with Gasteiger partial charge in [0, 0.05) is 31.7 Å². The van der Waals surface area contributed by atoms with E-state index < -0.39 is 0 Å². The maximum absolute atomic E-state index is 12.7.